The SMILES string of the molecule is CCOc1cc(/C=N\NS(=O)(=O)c2ccc([C@H](C)CC)cc2)ccc1O. The van der Waals surface area contributed by atoms with Crippen LogP contribution in [0.4, 0.5) is 0 Å². The van der Waals surface area contributed by atoms with Crippen LogP contribution in [0.1, 0.15) is 44.2 Å². The Hall–Kier alpha value is -2.54. The summed E-state index contributed by atoms with van der Waals surface area (Å²) in [6.07, 6.45) is 2.35. The van der Waals surface area contributed by atoms with Gasteiger partial charge in [0.1, 0.15) is 0 Å². The van der Waals surface area contributed by atoms with Crippen molar-refractivity contribution in [3.63, 3.8) is 0 Å². The second-order valence-electron chi connectivity index (χ2n) is 5.89. The fourth-order valence-electron chi connectivity index (χ4n) is 2.32. The van der Waals surface area contributed by atoms with Crippen molar-refractivity contribution in [2.45, 2.75) is 38.0 Å². The van der Waals surface area contributed by atoms with Crippen molar-refractivity contribution in [3.8, 4) is 11.5 Å². The molecule has 0 saturated carbocycles. The molecule has 0 amide bonds. The van der Waals surface area contributed by atoms with Gasteiger partial charge in [-0.2, -0.15) is 13.5 Å². The molecule has 0 aliphatic rings. The fraction of sp³-hybridized carbons (Fsp3) is 0.316. The van der Waals surface area contributed by atoms with Gasteiger partial charge in [-0.15, -0.1) is 0 Å². The number of ether oxygens (including phenoxy) is 1. The van der Waals surface area contributed by atoms with E-state index in [-0.39, 0.29) is 10.6 Å². The molecule has 0 spiro atoms. The lowest BCUT2D eigenvalue weighted by Gasteiger charge is -2.10. The molecule has 0 radical (unpaired) electrons. The van der Waals surface area contributed by atoms with Crippen molar-refractivity contribution >= 4 is 16.2 Å². The van der Waals surface area contributed by atoms with Crippen LogP contribution in [0.5, 0.6) is 11.5 Å². The third kappa shape index (κ3) is 4.98. The maximum atomic E-state index is 12.3. The molecule has 0 aliphatic carbocycles. The van der Waals surface area contributed by atoms with E-state index in [9.17, 15) is 13.5 Å². The van der Waals surface area contributed by atoms with Gasteiger partial charge < -0.3 is 9.84 Å². The van der Waals surface area contributed by atoms with Gasteiger partial charge in [0.05, 0.1) is 17.7 Å². The summed E-state index contributed by atoms with van der Waals surface area (Å²) in [5.41, 5.74) is 1.70. The summed E-state index contributed by atoms with van der Waals surface area (Å²) in [7, 11) is -3.74. The largest absolute Gasteiger partial charge is 0.504 e. The predicted octanol–water partition coefficient (Wildman–Crippen LogP) is 3.62. The highest BCUT2D eigenvalue weighted by molar-refractivity contribution is 7.89. The van der Waals surface area contributed by atoms with Crippen LogP contribution in [0, 0.1) is 0 Å². The summed E-state index contributed by atoms with van der Waals surface area (Å²) in [5.74, 6) is 0.720. The molecule has 2 N–H and O–H groups in total. The third-order valence-electron chi connectivity index (χ3n) is 4.04. The van der Waals surface area contributed by atoms with E-state index in [0.717, 1.165) is 12.0 Å². The van der Waals surface area contributed by atoms with Gasteiger partial charge in [-0.25, -0.2) is 4.83 Å². The lowest BCUT2D eigenvalue weighted by Crippen LogP contribution is -2.18. The van der Waals surface area contributed by atoms with Gasteiger partial charge in [0.2, 0.25) is 0 Å². The Balaban J connectivity index is 2.10. The summed E-state index contributed by atoms with van der Waals surface area (Å²) >= 11 is 0. The topological polar surface area (TPSA) is 88.0 Å². The molecule has 7 heteroatoms. The molecule has 2 aromatic rings. The first-order valence-electron chi connectivity index (χ1n) is 8.48. The molecule has 0 bridgehead atoms. The Bertz CT molecular complexity index is 862. The average Bonchev–Trinajstić information content (AvgIpc) is 2.64. The summed E-state index contributed by atoms with van der Waals surface area (Å²) in [5, 5.41) is 13.5. The number of hydrazone groups is 1. The van der Waals surface area contributed by atoms with Gasteiger partial charge in [0.15, 0.2) is 11.5 Å². The first-order valence-corrected chi connectivity index (χ1v) is 9.96. The van der Waals surface area contributed by atoms with Crippen LogP contribution in [0.2, 0.25) is 0 Å². The second kappa shape index (κ2) is 8.71. The standard InChI is InChI=1S/C19H24N2O4S/c1-4-14(3)16-7-9-17(10-8-16)26(23,24)21-20-13-15-6-11-18(22)19(12-15)25-5-2/h6-14,21-22H,4-5H2,1-3H3/b20-13-/t14-/m1/s1. The number of nitrogens with zero attached hydrogens (tertiary/aromatic N) is 1. The van der Waals surface area contributed by atoms with E-state index in [2.05, 4.69) is 23.8 Å². The summed E-state index contributed by atoms with van der Waals surface area (Å²) in [4.78, 5) is 2.35. The molecule has 1 atom stereocenters. The minimum atomic E-state index is -3.74. The summed E-state index contributed by atoms with van der Waals surface area (Å²) < 4.78 is 29.9. The molecule has 26 heavy (non-hydrogen) atoms. The first kappa shape index (κ1) is 19.8. The van der Waals surface area contributed by atoms with Crippen molar-refractivity contribution in [1.29, 1.82) is 0 Å². The Kier molecular flexibility index (Phi) is 6.63. The van der Waals surface area contributed by atoms with Gasteiger partial charge >= 0.3 is 0 Å². The van der Waals surface area contributed by atoms with E-state index >= 15 is 0 Å². The number of aromatic hydroxyl groups is 1. The van der Waals surface area contributed by atoms with Crippen molar-refractivity contribution in [1.82, 2.24) is 4.83 Å². The molecule has 0 saturated heterocycles. The number of rotatable bonds is 8. The molecule has 6 nitrogen and oxygen atoms in total. The van der Waals surface area contributed by atoms with Crippen LogP contribution in [-0.2, 0) is 10.0 Å². The third-order valence-corrected chi connectivity index (χ3v) is 5.28. The first-order chi connectivity index (χ1) is 12.4. The van der Waals surface area contributed by atoms with E-state index in [1.54, 1.807) is 31.2 Å². The van der Waals surface area contributed by atoms with Crippen LogP contribution >= 0.6 is 0 Å². The molecule has 0 unspecified atom stereocenters. The quantitative estimate of drug-likeness (QED) is 0.544. The van der Waals surface area contributed by atoms with E-state index in [1.807, 2.05) is 12.1 Å². The monoisotopic (exact) mass is 376 g/mol. The highest BCUT2D eigenvalue weighted by atomic mass is 32.2. The minimum absolute atomic E-state index is 0.0194. The molecule has 2 rings (SSSR count). The minimum Gasteiger partial charge on any atom is -0.504 e. The molecule has 0 fully saturated rings. The Morgan fingerprint density at radius 2 is 1.88 bits per heavy atom. The van der Waals surface area contributed by atoms with Gasteiger partial charge in [0.25, 0.3) is 10.0 Å². The number of nitrogens with one attached hydrogen (secondary N) is 1. The molecule has 2 aromatic carbocycles. The van der Waals surface area contributed by atoms with E-state index in [4.69, 9.17) is 4.74 Å². The Labute approximate surface area is 154 Å². The average molecular weight is 376 g/mol. The van der Waals surface area contributed by atoms with Crippen LogP contribution < -0.4 is 9.57 Å². The van der Waals surface area contributed by atoms with Crippen LogP contribution in [0.3, 0.4) is 0 Å². The molecule has 0 heterocycles. The van der Waals surface area contributed by atoms with Crippen molar-refractivity contribution in [2.75, 3.05) is 6.61 Å². The number of sulfonamides is 1. The van der Waals surface area contributed by atoms with E-state index < -0.39 is 10.0 Å². The Morgan fingerprint density at radius 3 is 2.50 bits per heavy atom. The lowest BCUT2D eigenvalue weighted by atomic mass is 9.99. The lowest BCUT2D eigenvalue weighted by molar-refractivity contribution is 0.318. The number of phenols is 1. The number of benzene rings is 2. The zero-order valence-corrected chi connectivity index (χ0v) is 16.0. The number of hydrogen-bond donors (Lipinski definition) is 2. The number of hydrogen-bond acceptors (Lipinski definition) is 5. The maximum absolute atomic E-state index is 12.3. The molecular formula is C19H24N2O4S. The zero-order chi connectivity index (χ0) is 19.2. The molecule has 0 aromatic heterocycles. The number of phenolic OH excluding ortho intramolecular Hbond substituents is 1. The van der Waals surface area contributed by atoms with Crippen molar-refractivity contribution < 1.29 is 18.3 Å². The highest BCUT2D eigenvalue weighted by Crippen LogP contribution is 2.26. The Morgan fingerprint density at radius 1 is 1.19 bits per heavy atom. The van der Waals surface area contributed by atoms with E-state index in [0.29, 0.717) is 23.8 Å². The van der Waals surface area contributed by atoms with Crippen molar-refractivity contribution in [3.05, 3.63) is 53.6 Å². The van der Waals surface area contributed by atoms with Gasteiger partial charge in [-0.05, 0) is 60.7 Å². The molecular weight excluding hydrogens is 352 g/mol. The van der Waals surface area contributed by atoms with Crippen LogP contribution in [-0.4, -0.2) is 26.3 Å². The normalized spacial score (nSPS) is 12.9. The zero-order valence-electron chi connectivity index (χ0n) is 15.1. The van der Waals surface area contributed by atoms with Gasteiger partial charge in [-0.3, -0.25) is 0 Å². The predicted molar refractivity (Wildman–Crippen MR) is 102 cm³/mol. The second-order valence-corrected chi connectivity index (χ2v) is 7.55. The fourth-order valence-corrected chi connectivity index (χ4v) is 3.11. The molecule has 0 aliphatic heterocycles. The van der Waals surface area contributed by atoms with Gasteiger partial charge in [0, 0.05) is 0 Å². The van der Waals surface area contributed by atoms with E-state index in [1.165, 1.54) is 12.3 Å². The van der Waals surface area contributed by atoms with Gasteiger partial charge in [-0.1, -0.05) is 26.0 Å². The van der Waals surface area contributed by atoms with Crippen LogP contribution in [0.25, 0.3) is 0 Å². The summed E-state index contributed by atoms with van der Waals surface area (Å²) in [6, 6.07) is 11.4. The summed E-state index contributed by atoms with van der Waals surface area (Å²) in [6.45, 7) is 6.40. The van der Waals surface area contributed by atoms with Crippen LogP contribution in [0.15, 0.2) is 52.5 Å². The smallest absolute Gasteiger partial charge is 0.276 e. The van der Waals surface area contributed by atoms with Crippen molar-refractivity contribution in [2.24, 2.45) is 5.10 Å². The highest BCUT2D eigenvalue weighted by Gasteiger charge is 2.13. The molecule has 140 valence electrons. The maximum Gasteiger partial charge on any atom is 0.276 e.